The van der Waals surface area contributed by atoms with E-state index in [0.717, 1.165) is 12.2 Å². The van der Waals surface area contributed by atoms with Gasteiger partial charge in [-0.1, -0.05) is 32.1 Å². The average molecular weight is 439 g/mol. The molecule has 0 bridgehead atoms. The Labute approximate surface area is 169 Å². The van der Waals surface area contributed by atoms with Crippen molar-refractivity contribution in [3.8, 4) is 0 Å². The first-order chi connectivity index (χ1) is 12.0. The zero-order chi connectivity index (χ0) is 19.3. The van der Waals surface area contributed by atoms with Gasteiger partial charge in [0.25, 0.3) is 0 Å². The molecule has 1 radical (unpaired) electrons. The van der Waals surface area contributed by atoms with Gasteiger partial charge in [-0.3, -0.25) is 0 Å². The Morgan fingerprint density at radius 2 is 1.00 bits per heavy atom. The Kier molecular flexibility index (Phi) is 28.5. The van der Waals surface area contributed by atoms with E-state index in [1.165, 1.54) is 46.3 Å². The van der Waals surface area contributed by atoms with Gasteiger partial charge in [-0.05, 0) is 20.8 Å². The van der Waals surface area contributed by atoms with Crippen molar-refractivity contribution in [2.75, 3.05) is 34.0 Å². The van der Waals surface area contributed by atoms with Gasteiger partial charge in [0.1, 0.15) is 0 Å². The molecular weight excluding hydrogens is 406 g/mol. The zero-order valence-electron chi connectivity index (χ0n) is 16.4. The number of hydrogen-bond acceptors (Lipinski definition) is 7. The Morgan fingerprint density at radius 1 is 0.731 bits per heavy atom. The van der Waals surface area contributed by atoms with Gasteiger partial charge in [0, 0.05) is 28.9 Å². The number of methoxy groups -OCH3 is 2. The molecule has 0 N–H and O–H groups in total. The number of rotatable bonds is 8. The van der Waals surface area contributed by atoms with Crippen LogP contribution in [-0.2, 0) is 49.4 Å². The summed E-state index contributed by atoms with van der Waals surface area (Å²) >= 11 is 0. The van der Waals surface area contributed by atoms with E-state index < -0.39 is 20.5 Å². The summed E-state index contributed by atoms with van der Waals surface area (Å²) in [7, 11) is 1.39. The third kappa shape index (κ3) is 23.5. The molecule has 0 amide bonds. The fraction of sp³-hybridized carbons (Fsp3) is 0.765. The number of ether oxygens (including phenoxy) is 2. The summed E-state index contributed by atoms with van der Waals surface area (Å²) in [6.07, 6.45) is 9.48. The number of esters is 2. The van der Waals surface area contributed by atoms with Crippen molar-refractivity contribution in [3.05, 3.63) is 12.2 Å². The topological polar surface area (TPSA) is 80.3 Å². The molecule has 0 aromatic heterocycles. The molecule has 0 aromatic carbocycles. The van der Waals surface area contributed by atoms with Crippen LogP contribution in [0.15, 0.2) is 12.2 Å². The SMILES string of the molecule is C1CCCC1.CCOP(OCC)OCC.COC(=O)/C=C/C(=O)OC.[Co]. The van der Waals surface area contributed by atoms with Gasteiger partial charge in [-0.15, -0.1) is 0 Å². The van der Waals surface area contributed by atoms with Gasteiger partial charge in [0.15, 0.2) is 0 Å². The molecule has 0 heterocycles. The summed E-state index contributed by atoms with van der Waals surface area (Å²) in [6.45, 7) is 7.71. The van der Waals surface area contributed by atoms with Crippen molar-refractivity contribution >= 4 is 20.5 Å². The molecule has 1 fully saturated rings. The van der Waals surface area contributed by atoms with Crippen molar-refractivity contribution in [2.45, 2.75) is 52.9 Å². The third-order valence-electron chi connectivity index (χ3n) is 2.71. The Balaban J connectivity index is -0.000000314. The van der Waals surface area contributed by atoms with E-state index >= 15 is 0 Å². The van der Waals surface area contributed by atoms with Crippen LogP contribution in [0.1, 0.15) is 52.9 Å². The van der Waals surface area contributed by atoms with E-state index in [0.29, 0.717) is 19.8 Å². The van der Waals surface area contributed by atoms with Crippen molar-refractivity contribution in [1.29, 1.82) is 0 Å². The molecule has 0 atom stereocenters. The summed E-state index contributed by atoms with van der Waals surface area (Å²) in [5.41, 5.74) is 0. The minimum atomic E-state index is -1.06. The molecule has 0 unspecified atom stereocenters. The smallest absolute Gasteiger partial charge is 0.332 e. The first-order valence-corrected chi connectivity index (χ1v) is 9.67. The maximum absolute atomic E-state index is 10.3. The number of carbonyl (C=O) groups excluding carboxylic acids is 2. The summed E-state index contributed by atoms with van der Waals surface area (Å²) in [5.74, 6) is -1.16. The summed E-state index contributed by atoms with van der Waals surface area (Å²) in [5, 5.41) is 0. The van der Waals surface area contributed by atoms with Gasteiger partial charge in [0.05, 0.1) is 34.0 Å². The standard InChI is InChI=1S/C6H8O4.C6H15O3P.C5H10.Co/c1-9-5(7)3-4-6(8)10-2;1-4-7-10(8-5-2)9-6-3;1-2-4-5-3-1;/h3-4H,1-2H3;4-6H2,1-3H3;1-5H2;/b4-3+;;;. The Morgan fingerprint density at radius 3 is 1.19 bits per heavy atom. The molecule has 0 saturated heterocycles. The van der Waals surface area contributed by atoms with Crippen LogP contribution in [0.25, 0.3) is 0 Å². The summed E-state index contributed by atoms with van der Waals surface area (Å²) in [4.78, 5) is 20.6. The largest absolute Gasteiger partial charge is 0.466 e. The molecule has 26 heavy (non-hydrogen) atoms. The monoisotopic (exact) mass is 439 g/mol. The van der Waals surface area contributed by atoms with Crippen molar-refractivity contribution in [1.82, 2.24) is 0 Å². The van der Waals surface area contributed by atoms with Crippen molar-refractivity contribution in [2.24, 2.45) is 0 Å². The van der Waals surface area contributed by atoms with E-state index in [1.54, 1.807) is 0 Å². The summed E-state index contributed by atoms with van der Waals surface area (Å²) < 4.78 is 23.9. The minimum Gasteiger partial charge on any atom is -0.466 e. The predicted octanol–water partition coefficient (Wildman–Crippen LogP) is 4.16. The molecule has 7 nitrogen and oxygen atoms in total. The molecule has 0 spiro atoms. The van der Waals surface area contributed by atoms with Gasteiger partial charge >= 0.3 is 20.5 Å². The second kappa shape index (κ2) is 24.5. The maximum atomic E-state index is 10.3. The molecule has 1 rings (SSSR count). The van der Waals surface area contributed by atoms with Crippen LogP contribution in [0.2, 0.25) is 0 Å². The fourth-order valence-electron chi connectivity index (χ4n) is 1.58. The van der Waals surface area contributed by atoms with E-state index in [-0.39, 0.29) is 16.8 Å². The van der Waals surface area contributed by atoms with Crippen LogP contribution < -0.4 is 0 Å². The molecule has 157 valence electrons. The van der Waals surface area contributed by atoms with Crippen LogP contribution in [-0.4, -0.2) is 46.0 Å². The van der Waals surface area contributed by atoms with Gasteiger partial charge in [0.2, 0.25) is 0 Å². The Hall–Kier alpha value is -0.504. The molecule has 1 aliphatic carbocycles. The molecule has 0 aromatic rings. The number of hydrogen-bond donors (Lipinski definition) is 0. The second-order valence-electron chi connectivity index (χ2n) is 4.62. The molecule has 1 aliphatic rings. The van der Waals surface area contributed by atoms with Gasteiger partial charge in [-0.25, -0.2) is 9.59 Å². The third-order valence-corrected chi connectivity index (χ3v) is 4.12. The predicted molar refractivity (Wildman–Crippen MR) is 98.1 cm³/mol. The number of carbonyl (C=O) groups is 2. The van der Waals surface area contributed by atoms with Crippen molar-refractivity contribution < 1.29 is 49.4 Å². The van der Waals surface area contributed by atoms with Crippen LogP contribution in [0.4, 0.5) is 0 Å². The average Bonchev–Trinajstić information content (AvgIpc) is 3.20. The van der Waals surface area contributed by atoms with Gasteiger partial charge in [-0.2, -0.15) is 0 Å². The first kappa shape index (κ1) is 30.2. The van der Waals surface area contributed by atoms with Gasteiger partial charge < -0.3 is 23.0 Å². The fourth-order valence-corrected chi connectivity index (χ4v) is 2.44. The molecule has 9 heteroatoms. The van der Waals surface area contributed by atoms with Crippen molar-refractivity contribution in [3.63, 3.8) is 0 Å². The second-order valence-corrected chi connectivity index (χ2v) is 5.85. The molecule has 0 aliphatic heterocycles. The normalized spacial score (nSPS) is 12.4. The van der Waals surface area contributed by atoms with E-state index in [4.69, 9.17) is 13.6 Å². The summed E-state index contributed by atoms with van der Waals surface area (Å²) in [6, 6.07) is 0. The molecular formula is C17H33CoO7P. The van der Waals surface area contributed by atoms with Crippen LogP contribution >= 0.6 is 8.60 Å². The maximum Gasteiger partial charge on any atom is 0.332 e. The molecule has 1 saturated carbocycles. The van der Waals surface area contributed by atoms with E-state index in [9.17, 15) is 9.59 Å². The Bertz CT molecular complexity index is 310. The quantitative estimate of drug-likeness (QED) is 0.319. The van der Waals surface area contributed by atoms with E-state index in [1.807, 2.05) is 20.8 Å². The first-order valence-electron chi connectivity index (χ1n) is 8.58. The van der Waals surface area contributed by atoms with Crippen LogP contribution in [0.3, 0.4) is 0 Å². The zero-order valence-corrected chi connectivity index (χ0v) is 18.4. The van der Waals surface area contributed by atoms with E-state index in [2.05, 4.69) is 9.47 Å². The van der Waals surface area contributed by atoms with Crippen LogP contribution in [0.5, 0.6) is 0 Å². The van der Waals surface area contributed by atoms with Crippen LogP contribution in [0, 0.1) is 0 Å². The minimum absolute atomic E-state index is 0.